The fourth-order valence-corrected chi connectivity index (χ4v) is 4.27. The Balaban J connectivity index is 1.74. The van der Waals surface area contributed by atoms with Gasteiger partial charge in [-0.2, -0.15) is 0 Å². The number of esters is 1. The highest BCUT2D eigenvalue weighted by molar-refractivity contribution is 6.39. The highest BCUT2D eigenvalue weighted by atomic mass is 16.5. The molecule has 1 aromatic heterocycles. The first-order valence-corrected chi connectivity index (χ1v) is 11.9. The van der Waals surface area contributed by atoms with Gasteiger partial charge in [0.25, 0.3) is 11.8 Å². The normalized spacial score (nSPS) is 14.6. The number of nitrogens with zero attached hydrogens (tertiary/aromatic N) is 2. The average Bonchev–Trinajstić information content (AvgIpc) is 3.15. The van der Waals surface area contributed by atoms with Gasteiger partial charge in [0, 0.05) is 17.1 Å². The Kier molecular flexibility index (Phi) is 7.24. The van der Waals surface area contributed by atoms with Crippen LogP contribution in [0.4, 0.5) is 10.5 Å². The summed E-state index contributed by atoms with van der Waals surface area (Å²) in [6, 6.07) is 14.6. The molecule has 1 aliphatic heterocycles. The lowest BCUT2D eigenvalue weighted by molar-refractivity contribution is -0.122. The second-order valence-electron chi connectivity index (χ2n) is 8.29. The van der Waals surface area contributed by atoms with Gasteiger partial charge in [-0.1, -0.05) is 18.2 Å². The molecule has 1 fully saturated rings. The number of carbonyl (C=O) groups excluding carboxylic acids is 4. The van der Waals surface area contributed by atoms with Crippen LogP contribution in [0.1, 0.15) is 41.2 Å². The quantitative estimate of drug-likeness (QED) is 0.293. The van der Waals surface area contributed by atoms with Gasteiger partial charge in [0.15, 0.2) is 0 Å². The van der Waals surface area contributed by atoms with Gasteiger partial charge < -0.3 is 14.0 Å². The Bertz CT molecular complexity index is 1440. The number of aromatic nitrogens is 1. The van der Waals surface area contributed by atoms with Crippen LogP contribution in [0.25, 0.3) is 11.8 Å². The molecular formula is C28H27N3O6. The summed E-state index contributed by atoms with van der Waals surface area (Å²) in [5.74, 6) is -1.61. The highest BCUT2D eigenvalue weighted by Crippen LogP contribution is 2.32. The maximum atomic E-state index is 13.4. The number of nitrogens with one attached hydrogen (secondary N) is 1. The molecule has 0 unspecified atom stereocenters. The van der Waals surface area contributed by atoms with Gasteiger partial charge in [-0.05, 0) is 75.7 Å². The average molecular weight is 502 g/mol. The Labute approximate surface area is 214 Å². The largest absolute Gasteiger partial charge is 0.492 e. The van der Waals surface area contributed by atoms with Crippen molar-refractivity contribution >= 4 is 35.6 Å². The van der Waals surface area contributed by atoms with Crippen molar-refractivity contribution in [2.75, 3.05) is 18.1 Å². The first-order chi connectivity index (χ1) is 17.8. The minimum atomic E-state index is -0.847. The van der Waals surface area contributed by atoms with E-state index in [0.717, 1.165) is 22.0 Å². The third-order valence-corrected chi connectivity index (χ3v) is 5.89. The summed E-state index contributed by atoms with van der Waals surface area (Å²) in [4.78, 5) is 51.9. The van der Waals surface area contributed by atoms with Gasteiger partial charge >= 0.3 is 12.0 Å². The second-order valence-corrected chi connectivity index (χ2v) is 8.29. The van der Waals surface area contributed by atoms with Crippen LogP contribution < -0.4 is 15.0 Å². The molecule has 4 amide bonds. The van der Waals surface area contributed by atoms with Crippen molar-refractivity contribution in [3.05, 3.63) is 82.7 Å². The number of hydrogen-bond acceptors (Lipinski definition) is 6. The van der Waals surface area contributed by atoms with E-state index in [0.29, 0.717) is 23.5 Å². The van der Waals surface area contributed by atoms with Gasteiger partial charge in [0.05, 0.1) is 24.5 Å². The minimum Gasteiger partial charge on any atom is -0.492 e. The van der Waals surface area contributed by atoms with E-state index in [1.807, 2.05) is 30.5 Å². The monoisotopic (exact) mass is 501 g/mol. The van der Waals surface area contributed by atoms with Crippen LogP contribution in [-0.2, 0) is 14.3 Å². The molecule has 0 radical (unpaired) electrons. The third-order valence-electron chi connectivity index (χ3n) is 5.89. The fourth-order valence-electron chi connectivity index (χ4n) is 4.27. The zero-order valence-corrected chi connectivity index (χ0v) is 21.0. The number of hydrogen-bond donors (Lipinski definition) is 1. The van der Waals surface area contributed by atoms with Gasteiger partial charge in [0.1, 0.15) is 11.3 Å². The number of ether oxygens (including phenoxy) is 2. The topological polar surface area (TPSA) is 107 Å². The smallest absolute Gasteiger partial charge is 0.338 e. The number of barbiturate groups is 1. The molecule has 190 valence electrons. The molecule has 9 nitrogen and oxygen atoms in total. The first kappa shape index (κ1) is 25.4. The van der Waals surface area contributed by atoms with E-state index >= 15 is 0 Å². The van der Waals surface area contributed by atoms with E-state index in [1.165, 1.54) is 6.08 Å². The number of benzene rings is 2. The Morgan fingerprint density at radius 1 is 0.973 bits per heavy atom. The van der Waals surface area contributed by atoms with Crippen molar-refractivity contribution in [3.63, 3.8) is 0 Å². The maximum Gasteiger partial charge on any atom is 0.338 e. The molecule has 1 saturated heterocycles. The van der Waals surface area contributed by atoms with E-state index in [9.17, 15) is 19.2 Å². The zero-order chi connectivity index (χ0) is 26.7. The third kappa shape index (κ3) is 4.88. The molecule has 2 heterocycles. The van der Waals surface area contributed by atoms with Crippen molar-refractivity contribution < 1.29 is 28.7 Å². The summed E-state index contributed by atoms with van der Waals surface area (Å²) in [5.41, 5.74) is 3.37. The molecule has 0 atom stereocenters. The van der Waals surface area contributed by atoms with Crippen LogP contribution in [0.3, 0.4) is 0 Å². The molecular weight excluding hydrogens is 474 g/mol. The van der Waals surface area contributed by atoms with Gasteiger partial charge in [-0.15, -0.1) is 0 Å². The summed E-state index contributed by atoms with van der Waals surface area (Å²) < 4.78 is 12.6. The molecule has 0 bridgehead atoms. The Morgan fingerprint density at radius 3 is 2.46 bits per heavy atom. The predicted octanol–water partition coefficient (Wildman–Crippen LogP) is 4.34. The standard InChI is InChI=1S/C28H27N3O6/c1-5-36-24-13-8-7-12-23(24)31-26(33)22(25(32)29-28(31)35)16-20-14-17(3)30(18(20)4)21-11-9-10-19(15-21)27(34)37-6-2/h7-16H,5-6H2,1-4H3,(H,29,32,35)/b22-16+. The number of para-hydroxylation sites is 2. The van der Waals surface area contributed by atoms with Crippen LogP contribution >= 0.6 is 0 Å². The molecule has 9 heteroatoms. The summed E-state index contributed by atoms with van der Waals surface area (Å²) in [6.45, 7) is 7.87. The number of imide groups is 2. The van der Waals surface area contributed by atoms with Crippen LogP contribution in [0.15, 0.2) is 60.2 Å². The summed E-state index contributed by atoms with van der Waals surface area (Å²) in [5, 5.41) is 2.25. The zero-order valence-electron chi connectivity index (χ0n) is 21.0. The molecule has 37 heavy (non-hydrogen) atoms. The first-order valence-electron chi connectivity index (χ1n) is 11.9. The molecule has 0 aliphatic carbocycles. The van der Waals surface area contributed by atoms with E-state index in [2.05, 4.69) is 5.32 Å². The minimum absolute atomic E-state index is 0.188. The number of carbonyl (C=O) groups is 4. The van der Waals surface area contributed by atoms with Crippen LogP contribution in [0, 0.1) is 13.8 Å². The van der Waals surface area contributed by atoms with Crippen LogP contribution in [0.5, 0.6) is 5.75 Å². The van der Waals surface area contributed by atoms with Crippen molar-refractivity contribution in [3.8, 4) is 11.4 Å². The summed E-state index contributed by atoms with van der Waals surface area (Å²) in [7, 11) is 0. The molecule has 0 saturated carbocycles. The van der Waals surface area contributed by atoms with Crippen molar-refractivity contribution in [2.45, 2.75) is 27.7 Å². The van der Waals surface area contributed by atoms with Crippen LogP contribution in [0.2, 0.25) is 0 Å². The summed E-state index contributed by atoms with van der Waals surface area (Å²) >= 11 is 0. The SMILES string of the molecule is CCOC(=O)c1cccc(-n2c(C)cc(/C=C3\C(=O)NC(=O)N(c4ccccc4OCC)C3=O)c2C)c1. The fraction of sp³-hybridized carbons (Fsp3) is 0.214. The predicted molar refractivity (Wildman–Crippen MR) is 138 cm³/mol. The number of urea groups is 1. The lowest BCUT2D eigenvalue weighted by Crippen LogP contribution is -2.54. The van der Waals surface area contributed by atoms with Crippen molar-refractivity contribution in [1.82, 2.24) is 9.88 Å². The van der Waals surface area contributed by atoms with Gasteiger partial charge in [0.2, 0.25) is 0 Å². The number of rotatable bonds is 7. The molecule has 1 N–H and O–H groups in total. The lowest BCUT2D eigenvalue weighted by atomic mass is 10.1. The molecule has 4 rings (SSSR count). The van der Waals surface area contributed by atoms with Crippen molar-refractivity contribution in [2.24, 2.45) is 0 Å². The number of aryl methyl sites for hydroxylation is 1. The Morgan fingerprint density at radius 2 is 1.73 bits per heavy atom. The highest BCUT2D eigenvalue weighted by Gasteiger charge is 2.38. The van der Waals surface area contributed by atoms with E-state index < -0.39 is 23.8 Å². The second kappa shape index (κ2) is 10.5. The van der Waals surface area contributed by atoms with Crippen LogP contribution in [-0.4, -0.2) is 41.6 Å². The molecule has 1 aliphatic rings. The molecule has 2 aromatic carbocycles. The Hall–Kier alpha value is -4.66. The van der Waals surface area contributed by atoms with E-state index in [4.69, 9.17) is 9.47 Å². The van der Waals surface area contributed by atoms with Gasteiger partial charge in [-0.3, -0.25) is 14.9 Å². The lowest BCUT2D eigenvalue weighted by Gasteiger charge is -2.27. The molecule has 0 spiro atoms. The van der Waals surface area contributed by atoms with E-state index in [-0.39, 0.29) is 17.9 Å². The van der Waals surface area contributed by atoms with Gasteiger partial charge in [-0.25, -0.2) is 14.5 Å². The van der Waals surface area contributed by atoms with Crippen molar-refractivity contribution in [1.29, 1.82) is 0 Å². The number of amides is 4. The molecule has 3 aromatic rings. The van der Waals surface area contributed by atoms with E-state index in [1.54, 1.807) is 56.3 Å². The summed E-state index contributed by atoms with van der Waals surface area (Å²) in [6.07, 6.45) is 1.47. The maximum absolute atomic E-state index is 13.4. The number of anilines is 1.